The molecule has 0 unspecified atom stereocenters. The lowest BCUT2D eigenvalue weighted by atomic mass is 10.2. The van der Waals surface area contributed by atoms with Gasteiger partial charge in [0.1, 0.15) is 12.0 Å². The summed E-state index contributed by atoms with van der Waals surface area (Å²) in [4.78, 5) is 24.1. The molecule has 0 aromatic carbocycles. The molecule has 1 amide bonds. The second kappa shape index (κ2) is 10.8. The minimum Gasteiger partial charge on any atom is -0.443 e. The monoisotopic (exact) mass is 403 g/mol. The van der Waals surface area contributed by atoms with Crippen molar-refractivity contribution in [3.63, 3.8) is 0 Å². The van der Waals surface area contributed by atoms with E-state index in [0.717, 1.165) is 68.4 Å². The van der Waals surface area contributed by atoms with Crippen LogP contribution in [0.4, 0.5) is 0 Å². The number of hydrogen-bond acceptors (Lipinski definition) is 5. The van der Waals surface area contributed by atoms with Gasteiger partial charge in [0.2, 0.25) is 11.8 Å². The third-order valence-electron chi connectivity index (χ3n) is 4.60. The Kier molecular flexibility index (Phi) is 7.90. The number of guanidine groups is 1. The molecule has 7 nitrogen and oxygen atoms in total. The number of oxazole rings is 1. The molecular formula is C20H29N5O2S. The first-order valence-electron chi connectivity index (χ1n) is 10.0. The molecule has 0 radical (unpaired) electrons. The van der Waals surface area contributed by atoms with Gasteiger partial charge in [-0.1, -0.05) is 12.5 Å². The summed E-state index contributed by atoms with van der Waals surface area (Å²) in [6, 6.07) is 3.97. The summed E-state index contributed by atoms with van der Waals surface area (Å²) in [7, 11) is 0. The van der Waals surface area contributed by atoms with Crippen LogP contribution in [0.3, 0.4) is 0 Å². The van der Waals surface area contributed by atoms with Crippen LogP contribution in [0.5, 0.6) is 0 Å². The Morgan fingerprint density at radius 2 is 2.29 bits per heavy atom. The number of aliphatic imine (C=N–C) groups is 1. The Morgan fingerprint density at radius 3 is 3.11 bits per heavy atom. The maximum Gasteiger partial charge on any atom is 0.236 e. The molecule has 8 heteroatoms. The molecular weight excluding hydrogens is 374 g/mol. The Morgan fingerprint density at radius 1 is 1.36 bits per heavy atom. The quantitative estimate of drug-likeness (QED) is 0.402. The van der Waals surface area contributed by atoms with Gasteiger partial charge in [0.05, 0.1) is 11.4 Å². The Bertz CT molecular complexity index is 756. The summed E-state index contributed by atoms with van der Waals surface area (Å²) in [5, 5.41) is 8.59. The molecule has 0 spiro atoms. The second-order valence-electron chi connectivity index (χ2n) is 6.79. The zero-order valence-electron chi connectivity index (χ0n) is 16.4. The molecule has 2 aromatic rings. The van der Waals surface area contributed by atoms with Gasteiger partial charge in [0.25, 0.3) is 0 Å². The van der Waals surface area contributed by atoms with Crippen molar-refractivity contribution >= 4 is 23.2 Å². The first kappa shape index (κ1) is 20.4. The van der Waals surface area contributed by atoms with Crippen LogP contribution in [0.2, 0.25) is 0 Å². The highest BCUT2D eigenvalue weighted by Gasteiger charge is 2.15. The Hall–Kier alpha value is -2.35. The molecule has 3 heterocycles. The zero-order chi connectivity index (χ0) is 19.6. The van der Waals surface area contributed by atoms with Crippen LogP contribution in [0.1, 0.15) is 44.7 Å². The molecule has 1 aliphatic heterocycles. The molecule has 0 bridgehead atoms. The van der Waals surface area contributed by atoms with Gasteiger partial charge in [0.15, 0.2) is 5.96 Å². The Balaban J connectivity index is 1.45. The zero-order valence-corrected chi connectivity index (χ0v) is 17.3. The van der Waals surface area contributed by atoms with E-state index in [1.807, 2.05) is 29.3 Å². The molecule has 1 saturated heterocycles. The Labute approximate surface area is 170 Å². The highest BCUT2D eigenvalue weighted by atomic mass is 32.1. The molecule has 0 aliphatic carbocycles. The van der Waals surface area contributed by atoms with Crippen molar-refractivity contribution in [2.24, 2.45) is 4.99 Å². The van der Waals surface area contributed by atoms with Crippen LogP contribution < -0.4 is 10.6 Å². The van der Waals surface area contributed by atoms with Crippen LogP contribution >= 0.6 is 11.3 Å². The SMILES string of the molecule is CCNC(=NCc1coc(-c2cccs2)n1)NCCCN1CCCCCC1=O. The molecule has 0 atom stereocenters. The molecule has 1 fully saturated rings. The van der Waals surface area contributed by atoms with Crippen LogP contribution in [-0.2, 0) is 11.3 Å². The average Bonchev–Trinajstić information content (AvgIpc) is 3.35. The maximum atomic E-state index is 12.0. The van der Waals surface area contributed by atoms with E-state index in [1.54, 1.807) is 17.6 Å². The minimum atomic E-state index is 0.297. The van der Waals surface area contributed by atoms with Gasteiger partial charge in [0, 0.05) is 32.6 Å². The largest absolute Gasteiger partial charge is 0.443 e. The van der Waals surface area contributed by atoms with E-state index in [9.17, 15) is 4.79 Å². The smallest absolute Gasteiger partial charge is 0.236 e. The molecule has 2 N–H and O–H groups in total. The molecule has 152 valence electrons. The van der Waals surface area contributed by atoms with E-state index in [-0.39, 0.29) is 0 Å². The molecule has 0 saturated carbocycles. The molecule has 28 heavy (non-hydrogen) atoms. The number of likely N-dealkylation sites (tertiary alicyclic amines) is 1. The number of nitrogens with one attached hydrogen (secondary N) is 2. The van der Waals surface area contributed by atoms with E-state index in [1.165, 1.54) is 0 Å². The van der Waals surface area contributed by atoms with E-state index >= 15 is 0 Å². The van der Waals surface area contributed by atoms with E-state index in [0.29, 0.717) is 24.8 Å². The van der Waals surface area contributed by atoms with Crippen molar-refractivity contribution in [1.82, 2.24) is 20.5 Å². The summed E-state index contributed by atoms with van der Waals surface area (Å²) in [5.41, 5.74) is 0.802. The first-order valence-corrected chi connectivity index (χ1v) is 10.9. The standard InChI is InChI=1S/C20H29N5O2S/c1-2-21-20(22-10-7-12-25-11-5-3-4-9-18(25)26)23-14-16-15-27-19(24-16)17-8-6-13-28-17/h6,8,13,15H,2-5,7,9-12,14H2,1H3,(H2,21,22,23). The number of carbonyl (C=O) groups excluding carboxylic acids is 1. The van der Waals surface area contributed by atoms with Gasteiger partial charge in [-0.2, -0.15) is 0 Å². The fourth-order valence-electron chi connectivity index (χ4n) is 3.15. The van der Waals surface area contributed by atoms with Crippen molar-refractivity contribution in [1.29, 1.82) is 0 Å². The number of hydrogen-bond donors (Lipinski definition) is 2. The van der Waals surface area contributed by atoms with Crippen LogP contribution in [0, 0.1) is 0 Å². The first-order chi connectivity index (χ1) is 13.8. The maximum absolute atomic E-state index is 12.0. The van der Waals surface area contributed by atoms with Gasteiger partial charge in [-0.15, -0.1) is 11.3 Å². The van der Waals surface area contributed by atoms with Crippen LogP contribution in [0.15, 0.2) is 33.2 Å². The third kappa shape index (κ3) is 6.09. The van der Waals surface area contributed by atoms with Gasteiger partial charge >= 0.3 is 0 Å². The molecule has 3 rings (SSSR count). The number of nitrogens with zero attached hydrogens (tertiary/aromatic N) is 3. The highest BCUT2D eigenvalue weighted by molar-refractivity contribution is 7.13. The van der Waals surface area contributed by atoms with Crippen LogP contribution in [0.25, 0.3) is 10.8 Å². The van der Waals surface area contributed by atoms with E-state index in [2.05, 4.69) is 20.6 Å². The normalized spacial score (nSPS) is 15.5. The van der Waals surface area contributed by atoms with Crippen LogP contribution in [-0.4, -0.2) is 47.9 Å². The molecule has 2 aromatic heterocycles. The lowest BCUT2D eigenvalue weighted by molar-refractivity contribution is -0.130. The predicted octanol–water partition coefficient (Wildman–Crippen LogP) is 3.25. The molecule has 1 aliphatic rings. The van der Waals surface area contributed by atoms with Gasteiger partial charge in [-0.25, -0.2) is 9.98 Å². The lowest BCUT2D eigenvalue weighted by Gasteiger charge is -2.20. The number of aromatic nitrogens is 1. The lowest BCUT2D eigenvalue weighted by Crippen LogP contribution is -2.39. The number of thiophene rings is 1. The summed E-state index contributed by atoms with van der Waals surface area (Å²) >= 11 is 1.60. The predicted molar refractivity (Wildman–Crippen MR) is 112 cm³/mol. The van der Waals surface area contributed by atoms with Gasteiger partial charge in [-0.3, -0.25) is 4.79 Å². The number of amides is 1. The minimum absolute atomic E-state index is 0.297. The van der Waals surface area contributed by atoms with Gasteiger partial charge < -0.3 is 20.0 Å². The number of rotatable bonds is 8. The van der Waals surface area contributed by atoms with Crippen molar-refractivity contribution in [2.45, 2.75) is 45.6 Å². The number of carbonyl (C=O) groups is 1. The highest BCUT2D eigenvalue weighted by Crippen LogP contribution is 2.23. The average molecular weight is 404 g/mol. The van der Waals surface area contributed by atoms with Crippen molar-refractivity contribution < 1.29 is 9.21 Å². The summed E-state index contributed by atoms with van der Waals surface area (Å²) in [6.07, 6.45) is 6.57. The van der Waals surface area contributed by atoms with Crippen molar-refractivity contribution in [3.05, 3.63) is 29.5 Å². The summed E-state index contributed by atoms with van der Waals surface area (Å²) < 4.78 is 5.54. The van der Waals surface area contributed by atoms with Crippen molar-refractivity contribution in [2.75, 3.05) is 26.2 Å². The second-order valence-corrected chi connectivity index (χ2v) is 7.74. The van der Waals surface area contributed by atoms with Crippen molar-refractivity contribution in [3.8, 4) is 10.8 Å². The topological polar surface area (TPSA) is 82.8 Å². The van der Waals surface area contributed by atoms with E-state index in [4.69, 9.17) is 4.42 Å². The fraction of sp³-hybridized carbons (Fsp3) is 0.550. The summed E-state index contributed by atoms with van der Waals surface area (Å²) in [5.74, 6) is 1.69. The fourth-order valence-corrected chi connectivity index (χ4v) is 3.80. The summed E-state index contributed by atoms with van der Waals surface area (Å²) in [6.45, 7) is 5.75. The third-order valence-corrected chi connectivity index (χ3v) is 5.45. The van der Waals surface area contributed by atoms with E-state index < -0.39 is 0 Å². The van der Waals surface area contributed by atoms with Gasteiger partial charge in [-0.05, 0) is 37.6 Å².